The summed E-state index contributed by atoms with van der Waals surface area (Å²) in [4.78, 5) is 13.5. The summed E-state index contributed by atoms with van der Waals surface area (Å²) in [5.41, 5.74) is 0.198. The van der Waals surface area contributed by atoms with Gasteiger partial charge in [0.25, 0.3) is 0 Å². The molecule has 0 spiro atoms. The summed E-state index contributed by atoms with van der Waals surface area (Å²) in [6.07, 6.45) is 8.62. The fourth-order valence-electron chi connectivity index (χ4n) is 5.30. The zero-order valence-corrected chi connectivity index (χ0v) is 17.0. The number of rotatable bonds is 4. The van der Waals surface area contributed by atoms with Gasteiger partial charge in [0, 0.05) is 34.4 Å². The molecular weight excluding hydrogens is 392 g/mol. The molecule has 30 heavy (non-hydrogen) atoms. The third-order valence-corrected chi connectivity index (χ3v) is 6.70. The van der Waals surface area contributed by atoms with Crippen LogP contribution in [-0.2, 0) is 0 Å². The number of benzene rings is 2. The van der Waals surface area contributed by atoms with Crippen molar-refractivity contribution in [3.05, 3.63) is 69.8 Å². The van der Waals surface area contributed by atoms with Gasteiger partial charge in [0.2, 0.25) is 0 Å². The Bertz CT molecular complexity index is 865. The lowest BCUT2D eigenvalue weighted by atomic mass is 9.78. The Balaban J connectivity index is 1.84. The van der Waals surface area contributed by atoms with Crippen LogP contribution in [0.1, 0.15) is 103 Å². The fraction of sp³-hybridized carbons (Fsp3) is 0.480. The maximum Gasteiger partial charge on any atom is 0.194 e. The van der Waals surface area contributed by atoms with E-state index in [-0.39, 0.29) is 34.1 Å². The first-order valence-electron chi connectivity index (χ1n) is 11.0. The second-order valence-electron chi connectivity index (χ2n) is 8.70. The minimum atomic E-state index is -0.855. The molecule has 2 aliphatic carbocycles. The predicted octanol–water partition coefficient (Wildman–Crippen LogP) is 7.57. The van der Waals surface area contributed by atoms with Crippen LogP contribution in [0.3, 0.4) is 0 Å². The summed E-state index contributed by atoms with van der Waals surface area (Å²) in [5.74, 6) is -4.27. The molecule has 0 aliphatic heterocycles. The zero-order chi connectivity index (χ0) is 21.3. The Morgan fingerprint density at radius 2 is 0.967 bits per heavy atom. The van der Waals surface area contributed by atoms with Crippen molar-refractivity contribution in [1.82, 2.24) is 0 Å². The highest BCUT2D eigenvalue weighted by Crippen LogP contribution is 2.40. The molecule has 0 saturated heterocycles. The second-order valence-corrected chi connectivity index (χ2v) is 8.70. The first-order valence-corrected chi connectivity index (χ1v) is 11.0. The number of ketones is 1. The number of halogens is 4. The third kappa shape index (κ3) is 4.17. The molecule has 0 unspecified atom stereocenters. The van der Waals surface area contributed by atoms with Crippen LogP contribution in [0, 0.1) is 23.3 Å². The van der Waals surface area contributed by atoms with Crippen molar-refractivity contribution in [2.75, 3.05) is 0 Å². The lowest BCUT2D eigenvalue weighted by Gasteiger charge is -2.27. The van der Waals surface area contributed by atoms with Crippen LogP contribution in [0.4, 0.5) is 17.6 Å². The number of carbonyl (C=O) groups is 1. The normalized spacial score (nSPS) is 18.5. The molecule has 2 aliphatic rings. The molecule has 1 nitrogen and oxygen atoms in total. The van der Waals surface area contributed by atoms with E-state index in [2.05, 4.69) is 0 Å². The summed E-state index contributed by atoms with van der Waals surface area (Å²) in [6.45, 7) is 0. The van der Waals surface area contributed by atoms with Gasteiger partial charge in [-0.2, -0.15) is 0 Å². The smallest absolute Gasteiger partial charge is 0.194 e. The molecule has 4 rings (SSSR count). The Morgan fingerprint density at radius 3 is 1.33 bits per heavy atom. The minimum absolute atomic E-state index is 0.0959. The molecular formula is C25H26F4O. The molecule has 5 heteroatoms. The van der Waals surface area contributed by atoms with Gasteiger partial charge >= 0.3 is 0 Å². The molecule has 0 radical (unpaired) electrons. The Morgan fingerprint density at radius 1 is 0.600 bits per heavy atom. The molecule has 0 atom stereocenters. The summed E-state index contributed by atoms with van der Waals surface area (Å²) in [7, 11) is 0. The van der Waals surface area contributed by atoms with Crippen molar-refractivity contribution in [3.63, 3.8) is 0 Å². The monoisotopic (exact) mass is 418 g/mol. The first-order chi connectivity index (χ1) is 14.5. The van der Waals surface area contributed by atoms with Gasteiger partial charge in [-0.3, -0.25) is 4.79 Å². The van der Waals surface area contributed by atoms with Gasteiger partial charge in [-0.15, -0.1) is 0 Å². The van der Waals surface area contributed by atoms with Crippen molar-refractivity contribution in [2.45, 2.75) is 76.0 Å². The van der Waals surface area contributed by atoms with Crippen molar-refractivity contribution >= 4 is 5.78 Å². The van der Waals surface area contributed by atoms with Crippen LogP contribution in [0.5, 0.6) is 0 Å². The van der Waals surface area contributed by atoms with E-state index < -0.39 is 29.1 Å². The molecule has 2 aromatic carbocycles. The van der Waals surface area contributed by atoms with Gasteiger partial charge in [-0.1, -0.05) is 38.5 Å². The van der Waals surface area contributed by atoms with E-state index in [9.17, 15) is 22.4 Å². The highest BCUT2D eigenvalue weighted by Gasteiger charge is 2.31. The first kappa shape index (κ1) is 21.1. The predicted molar refractivity (Wildman–Crippen MR) is 108 cm³/mol. The van der Waals surface area contributed by atoms with Crippen LogP contribution in [0.2, 0.25) is 0 Å². The van der Waals surface area contributed by atoms with E-state index in [1.807, 2.05) is 0 Å². The molecule has 2 aromatic rings. The summed E-state index contributed by atoms with van der Waals surface area (Å²) in [6, 6.07) is 3.66. The molecule has 0 aromatic heterocycles. The Kier molecular flexibility index (Phi) is 6.26. The van der Waals surface area contributed by atoms with Gasteiger partial charge in [-0.05, 0) is 49.7 Å². The molecule has 160 valence electrons. The quantitative estimate of drug-likeness (QED) is 0.370. The average molecular weight is 418 g/mol. The average Bonchev–Trinajstić information content (AvgIpc) is 2.73. The molecule has 0 amide bonds. The summed E-state index contributed by atoms with van der Waals surface area (Å²) < 4.78 is 57.9. The second kappa shape index (κ2) is 8.91. The highest BCUT2D eigenvalue weighted by molar-refractivity contribution is 6.11. The summed E-state index contributed by atoms with van der Waals surface area (Å²) >= 11 is 0. The topological polar surface area (TPSA) is 17.1 Å². The van der Waals surface area contributed by atoms with E-state index in [0.29, 0.717) is 0 Å². The van der Waals surface area contributed by atoms with E-state index in [1.54, 1.807) is 0 Å². The Hall–Kier alpha value is -2.17. The Labute approximate surface area is 174 Å². The van der Waals surface area contributed by atoms with Gasteiger partial charge in [0.1, 0.15) is 23.3 Å². The standard InChI is InChI=1S/C25H26F4O/c26-17-11-19(23(21(28)13-17)15-7-3-1-4-8-15)25(30)20-12-18(27)14-22(29)24(20)16-9-5-2-6-10-16/h11-16H,1-10H2. The number of hydrogen-bond donors (Lipinski definition) is 0. The lowest BCUT2D eigenvalue weighted by molar-refractivity contribution is 0.103. The van der Waals surface area contributed by atoms with Crippen molar-refractivity contribution < 1.29 is 22.4 Å². The van der Waals surface area contributed by atoms with Crippen LogP contribution >= 0.6 is 0 Å². The van der Waals surface area contributed by atoms with Crippen molar-refractivity contribution in [2.24, 2.45) is 0 Å². The molecule has 0 bridgehead atoms. The maximum absolute atomic E-state index is 14.8. The number of hydrogen-bond acceptors (Lipinski definition) is 1. The zero-order valence-electron chi connectivity index (χ0n) is 17.0. The van der Waals surface area contributed by atoms with E-state index >= 15 is 0 Å². The molecule has 0 heterocycles. The van der Waals surface area contributed by atoms with Gasteiger partial charge in [0.15, 0.2) is 5.78 Å². The third-order valence-electron chi connectivity index (χ3n) is 6.70. The van der Waals surface area contributed by atoms with Gasteiger partial charge in [-0.25, -0.2) is 17.6 Å². The van der Waals surface area contributed by atoms with E-state index in [4.69, 9.17) is 0 Å². The van der Waals surface area contributed by atoms with Crippen LogP contribution < -0.4 is 0 Å². The van der Waals surface area contributed by atoms with Gasteiger partial charge < -0.3 is 0 Å². The molecule has 2 saturated carbocycles. The molecule has 2 fully saturated rings. The lowest BCUT2D eigenvalue weighted by Crippen LogP contribution is -2.18. The number of carbonyl (C=O) groups excluding carboxylic acids is 1. The van der Waals surface area contributed by atoms with Crippen molar-refractivity contribution in [3.8, 4) is 0 Å². The van der Waals surface area contributed by atoms with Gasteiger partial charge in [0.05, 0.1) is 0 Å². The summed E-state index contributed by atoms with van der Waals surface area (Å²) in [5, 5.41) is 0. The fourth-order valence-corrected chi connectivity index (χ4v) is 5.30. The van der Waals surface area contributed by atoms with E-state index in [0.717, 1.165) is 88.5 Å². The van der Waals surface area contributed by atoms with Crippen molar-refractivity contribution in [1.29, 1.82) is 0 Å². The minimum Gasteiger partial charge on any atom is -0.289 e. The maximum atomic E-state index is 14.8. The molecule has 0 N–H and O–H groups in total. The van der Waals surface area contributed by atoms with E-state index in [1.165, 1.54) is 0 Å². The largest absolute Gasteiger partial charge is 0.289 e. The van der Waals surface area contributed by atoms with Crippen LogP contribution in [-0.4, -0.2) is 5.78 Å². The highest BCUT2D eigenvalue weighted by atomic mass is 19.1. The van der Waals surface area contributed by atoms with Crippen LogP contribution in [0.15, 0.2) is 24.3 Å². The van der Waals surface area contributed by atoms with Crippen LogP contribution in [0.25, 0.3) is 0 Å². The SMILES string of the molecule is O=C(c1cc(F)cc(F)c1C1CCCCC1)c1cc(F)cc(F)c1C1CCCCC1.